The maximum atomic E-state index is 5.82. The minimum Gasteiger partial charge on any atom is -0.377 e. The molecule has 2 heteroatoms. The van der Waals surface area contributed by atoms with E-state index in [4.69, 9.17) is 4.74 Å². The van der Waals surface area contributed by atoms with Crippen LogP contribution in [0.2, 0.25) is 0 Å². The predicted molar refractivity (Wildman–Crippen MR) is 64.5 cm³/mol. The van der Waals surface area contributed by atoms with Crippen molar-refractivity contribution in [1.82, 2.24) is 5.32 Å². The summed E-state index contributed by atoms with van der Waals surface area (Å²) < 4.78 is 5.82. The molecule has 1 aromatic carbocycles. The zero-order chi connectivity index (χ0) is 11.2. The lowest BCUT2D eigenvalue weighted by atomic mass is 9.87. The highest BCUT2D eigenvalue weighted by atomic mass is 16.5. The fourth-order valence-corrected chi connectivity index (χ4v) is 3.17. The van der Waals surface area contributed by atoms with Crippen molar-refractivity contribution < 1.29 is 4.74 Å². The Bertz CT molecular complexity index is 409. The molecule has 1 aromatic rings. The van der Waals surface area contributed by atoms with Crippen molar-refractivity contribution in [2.75, 3.05) is 13.2 Å². The number of morpholine rings is 1. The van der Waals surface area contributed by atoms with Gasteiger partial charge in [-0.05, 0) is 37.8 Å². The molecule has 2 nitrogen and oxygen atoms in total. The minimum atomic E-state index is 0.0678. The Morgan fingerprint density at radius 1 is 1.19 bits per heavy atom. The van der Waals surface area contributed by atoms with Crippen LogP contribution in [0.4, 0.5) is 0 Å². The van der Waals surface area contributed by atoms with E-state index < -0.39 is 0 Å². The summed E-state index contributed by atoms with van der Waals surface area (Å²) in [4.78, 5) is 0. The Labute approximate surface area is 97.0 Å². The van der Waals surface area contributed by atoms with E-state index in [1.807, 2.05) is 0 Å². The number of hydrogen-bond acceptors (Lipinski definition) is 2. The normalized spacial score (nSPS) is 31.6. The monoisotopic (exact) mass is 217 g/mol. The highest BCUT2D eigenvalue weighted by molar-refractivity contribution is 5.39. The van der Waals surface area contributed by atoms with Crippen molar-refractivity contribution >= 4 is 0 Å². The lowest BCUT2D eigenvalue weighted by Crippen LogP contribution is -2.61. The first-order valence-electron chi connectivity index (χ1n) is 6.07. The van der Waals surface area contributed by atoms with Gasteiger partial charge in [0.1, 0.15) is 0 Å². The van der Waals surface area contributed by atoms with Crippen molar-refractivity contribution in [3.05, 3.63) is 35.4 Å². The Morgan fingerprint density at radius 3 is 2.81 bits per heavy atom. The molecule has 1 spiro atoms. The molecular formula is C14H19NO. The third-order valence-corrected chi connectivity index (χ3v) is 3.74. The zero-order valence-electron chi connectivity index (χ0n) is 10.0. The highest BCUT2D eigenvalue weighted by Crippen LogP contribution is 2.40. The Balaban J connectivity index is 2.01. The second-order valence-corrected chi connectivity index (χ2v) is 5.74. The van der Waals surface area contributed by atoms with E-state index in [0.29, 0.717) is 0 Å². The van der Waals surface area contributed by atoms with Gasteiger partial charge in [-0.25, -0.2) is 0 Å². The fourth-order valence-electron chi connectivity index (χ4n) is 3.17. The van der Waals surface area contributed by atoms with Gasteiger partial charge in [0, 0.05) is 5.54 Å². The quantitative estimate of drug-likeness (QED) is 0.719. The molecule has 1 atom stereocenters. The van der Waals surface area contributed by atoms with E-state index in [2.05, 4.69) is 43.4 Å². The van der Waals surface area contributed by atoms with Gasteiger partial charge in [0.2, 0.25) is 0 Å². The Kier molecular flexibility index (Phi) is 2.13. The molecule has 1 aliphatic heterocycles. The van der Waals surface area contributed by atoms with Crippen molar-refractivity contribution in [3.63, 3.8) is 0 Å². The number of hydrogen-bond donors (Lipinski definition) is 1. The summed E-state index contributed by atoms with van der Waals surface area (Å²) in [6, 6.07) is 8.76. The molecule has 1 fully saturated rings. The van der Waals surface area contributed by atoms with Crippen LogP contribution in [0.1, 0.15) is 31.4 Å². The van der Waals surface area contributed by atoms with Crippen LogP contribution < -0.4 is 5.32 Å². The van der Waals surface area contributed by atoms with E-state index in [9.17, 15) is 0 Å². The highest BCUT2D eigenvalue weighted by Gasteiger charge is 2.45. The van der Waals surface area contributed by atoms with Gasteiger partial charge in [0.05, 0.1) is 18.8 Å². The van der Waals surface area contributed by atoms with E-state index in [0.717, 1.165) is 19.6 Å². The lowest BCUT2D eigenvalue weighted by molar-refractivity contribution is -0.0330. The van der Waals surface area contributed by atoms with Gasteiger partial charge in [0.15, 0.2) is 0 Å². The van der Waals surface area contributed by atoms with Crippen molar-refractivity contribution in [3.8, 4) is 0 Å². The van der Waals surface area contributed by atoms with Gasteiger partial charge >= 0.3 is 0 Å². The van der Waals surface area contributed by atoms with Crippen molar-refractivity contribution in [2.24, 2.45) is 0 Å². The van der Waals surface area contributed by atoms with Crippen LogP contribution in [0.5, 0.6) is 0 Å². The molecule has 1 N–H and O–H groups in total. The van der Waals surface area contributed by atoms with Gasteiger partial charge in [-0.2, -0.15) is 0 Å². The topological polar surface area (TPSA) is 21.3 Å². The number of aryl methyl sites for hydroxylation is 1. The predicted octanol–water partition coefficient (Wildman–Crippen LogP) is 2.23. The van der Waals surface area contributed by atoms with Crippen LogP contribution in [0, 0.1) is 0 Å². The first kappa shape index (κ1) is 10.3. The third-order valence-electron chi connectivity index (χ3n) is 3.74. The number of nitrogens with one attached hydrogen (secondary N) is 1. The van der Waals surface area contributed by atoms with Crippen LogP contribution in [-0.2, 0) is 16.7 Å². The van der Waals surface area contributed by atoms with E-state index >= 15 is 0 Å². The zero-order valence-corrected chi connectivity index (χ0v) is 10.0. The molecule has 0 radical (unpaired) electrons. The second kappa shape index (κ2) is 3.31. The molecule has 3 rings (SSSR count). The van der Waals surface area contributed by atoms with Crippen LogP contribution in [0.3, 0.4) is 0 Å². The Hall–Kier alpha value is -0.860. The molecule has 0 amide bonds. The molecule has 1 unspecified atom stereocenters. The van der Waals surface area contributed by atoms with Crippen molar-refractivity contribution in [2.45, 2.75) is 37.8 Å². The third kappa shape index (κ3) is 1.48. The maximum absolute atomic E-state index is 5.82. The SMILES string of the molecule is CC1(C)COCC2(CCc3ccccc32)N1. The Morgan fingerprint density at radius 2 is 2.00 bits per heavy atom. The molecule has 0 saturated carbocycles. The smallest absolute Gasteiger partial charge is 0.0691 e. The number of fused-ring (bicyclic) bond motifs is 2. The molecule has 0 aromatic heterocycles. The number of ether oxygens (including phenoxy) is 1. The van der Waals surface area contributed by atoms with Gasteiger partial charge in [-0.1, -0.05) is 24.3 Å². The first-order valence-corrected chi connectivity index (χ1v) is 6.07. The van der Waals surface area contributed by atoms with Gasteiger partial charge < -0.3 is 4.74 Å². The van der Waals surface area contributed by atoms with Gasteiger partial charge in [0.25, 0.3) is 0 Å². The van der Waals surface area contributed by atoms with Crippen LogP contribution in [0.15, 0.2) is 24.3 Å². The van der Waals surface area contributed by atoms with Gasteiger partial charge in [-0.15, -0.1) is 0 Å². The lowest BCUT2D eigenvalue weighted by Gasteiger charge is -2.44. The van der Waals surface area contributed by atoms with E-state index in [1.54, 1.807) is 0 Å². The summed E-state index contributed by atoms with van der Waals surface area (Å²) in [5, 5.41) is 3.80. The van der Waals surface area contributed by atoms with E-state index in [-0.39, 0.29) is 11.1 Å². The summed E-state index contributed by atoms with van der Waals surface area (Å²) in [6.45, 7) is 6.05. The molecular weight excluding hydrogens is 198 g/mol. The molecule has 2 aliphatic rings. The summed E-state index contributed by atoms with van der Waals surface area (Å²) in [6.07, 6.45) is 2.33. The molecule has 1 heterocycles. The minimum absolute atomic E-state index is 0.0678. The standard InChI is InChI=1S/C14H19NO/c1-13(2)9-16-10-14(15-13)8-7-11-5-3-4-6-12(11)14/h3-6,15H,7-10H2,1-2H3. The summed E-state index contributed by atoms with van der Waals surface area (Å²) in [5.74, 6) is 0. The van der Waals surface area contributed by atoms with Gasteiger partial charge in [-0.3, -0.25) is 5.32 Å². The number of rotatable bonds is 0. The number of benzene rings is 1. The summed E-state index contributed by atoms with van der Waals surface area (Å²) in [5.41, 5.74) is 3.08. The first-order chi connectivity index (χ1) is 7.61. The summed E-state index contributed by atoms with van der Waals surface area (Å²) >= 11 is 0. The second-order valence-electron chi connectivity index (χ2n) is 5.74. The maximum Gasteiger partial charge on any atom is 0.0691 e. The summed E-state index contributed by atoms with van der Waals surface area (Å²) in [7, 11) is 0. The van der Waals surface area contributed by atoms with Crippen LogP contribution >= 0.6 is 0 Å². The van der Waals surface area contributed by atoms with Crippen molar-refractivity contribution in [1.29, 1.82) is 0 Å². The molecule has 16 heavy (non-hydrogen) atoms. The van der Waals surface area contributed by atoms with Crippen LogP contribution in [0.25, 0.3) is 0 Å². The average Bonchev–Trinajstić information content (AvgIpc) is 2.57. The average molecular weight is 217 g/mol. The van der Waals surface area contributed by atoms with Crippen LogP contribution in [-0.4, -0.2) is 18.8 Å². The molecule has 86 valence electrons. The van der Waals surface area contributed by atoms with E-state index in [1.165, 1.54) is 17.5 Å². The molecule has 1 aliphatic carbocycles. The fraction of sp³-hybridized carbons (Fsp3) is 0.571. The molecule has 1 saturated heterocycles. The molecule has 0 bridgehead atoms. The largest absolute Gasteiger partial charge is 0.377 e.